The predicted molar refractivity (Wildman–Crippen MR) is 89.3 cm³/mol. The molecule has 3 rings (SSSR count). The Balaban J connectivity index is 1.82. The third-order valence-corrected chi connectivity index (χ3v) is 5.43. The molecule has 0 radical (unpaired) electrons. The zero-order valence-corrected chi connectivity index (χ0v) is 13.7. The maximum absolute atomic E-state index is 12.5. The highest BCUT2D eigenvalue weighted by Crippen LogP contribution is 2.20. The SMILES string of the molecule is O=C(C[n+]1ccccc1)c1ccc(S(=O)(=O)c2ccccc2)cc1. The second-order valence-electron chi connectivity index (χ2n) is 5.31. The Morgan fingerprint density at radius 1 is 0.750 bits per heavy atom. The van der Waals surface area contributed by atoms with Crippen molar-refractivity contribution < 1.29 is 17.8 Å². The molecule has 0 bridgehead atoms. The first-order chi connectivity index (χ1) is 11.6. The number of pyridine rings is 1. The summed E-state index contributed by atoms with van der Waals surface area (Å²) in [6.45, 7) is 0.214. The van der Waals surface area contributed by atoms with E-state index in [2.05, 4.69) is 0 Å². The molecule has 0 spiro atoms. The van der Waals surface area contributed by atoms with Crippen LogP contribution < -0.4 is 4.57 Å². The lowest BCUT2D eigenvalue weighted by Crippen LogP contribution is -2.36. The number of benzene rings is 2. The highest BCUT2D eigenvalue weighted by molar-refractivity contribution is 7.91. The summed E-state index contributed by atoms with van der Waals surface area (Å²) < 4.78 is 26.8. The highest BCUT2D eigenvalue weighted by atomic mass is 32.2. The first kappa shape index (κ1) is 16.1. The number of sulfone groups is 1. The normalized spacial score (nSPS) is 11.2. The Bertz CT molecular complexity index is 935. The molecule has 4 nitrogen and oxygen atoms in total. The minimum Gasteiger partial charge on any atom is -0.287 e. The Hall–Kier alpha value is -2.79. The summed E-state index contributed by atoms with van der Waals surface area (Å²) in [6.07, 6.45) is 3.62. The van der Waals surface area contributed by atoms with Gasteiger partial charge in [0.25, 0.3) is 0 Å². The molecule has 0 aliphatic rings. The zero-order valence-electron chi connectivity index (χ0n) is 12.9. The molecule has 0 aliphatic heterocycles. The van der Waals surface area contributed by atoms with Crippen LogP contribution in [0.1, 0.15) is 10.4 Å². The van der Waals surface area contributed by atoms with E-state index in [4.69, 9.17) is 0 Å². The van der Waals surface area contributed by atoms with Crippen molar-refractivity contribution in [3.8, 4) is 0 Å². The number of hydrogen-bond acceptors (Lipinski definition) is 3. The van der Waals surface area contributed by atoms with Gasteiger partial charge < -0.3 is 0 Å². The van der Waals surface area contributed by atoms with Crippen molar-refractivity contribution in [2.45, 2.75) is 16.3 Å². The van der Waals surface area contributed by atoms with Crippen LogP contribution in [0.3, 0.4) is 0 Å². The fourth-order valence-electron chi connectivity index (χ4n) is 2.35. The minimum atomic E-state index is -3.56. The third kappa shape index (κ3) is 3.41. The molecule has 120 valence electrons. The molecule has 0 N–H and O–H groups in total. The second kappa shape index (κ2) is 6.76. The van der Waals surface area contributed by atoms with Gasteiger partial charge in [-0.05, 0) is 36.4 Å². The Labute approximate surface area is 140 Å². The van der Waals surface area contributed by atoms with Crippen LogP contribution >= 0.6 is 0 Å². The number of carbonyl (C=O) groups is 1. The van der Waals surface area contributed by atoms with E-state index in [1.54, 1.807) is 47.0 Å². The lowest BCUT2D eigenvalue weighted by atomic mass is 10.1. The maximum Gasteiger partial charge on any atom is 0.227 e. The van der Waals surface area contributed by atoms with Crippen LogP contribution in [0.25, 0.3) is 0 Å². The van der Waals surface area contributed by atoms with Crippen molar-refractivity contribution >= 4 is 15.6 Å². The van der Waals surface area contributed by atoms with Gasteiger partial charge in [0.1, 0.15) is 0 Å². The molecule has 0 atom stereocenters. The number of carbonyl (C=O) groups excluding carboxylic acids is 1. The monoisotopic (exact) mass is 338 g/mol. The first-order valence-corrected chi connectivity index (χ1v) is 8.93. The minimum absolute atomic E-state index is 0.0742. The van der Waals surface area contributed by atoms with Crippen molar-refractivity contribution in [3.63, 3.8) is 0 Å². The topological polar surface area (TPSA) is 55.1 Å². The molecule has 0 amide bonds. The van der Waals surface area contributed by atoms with Crippen molar-refractivity contribution in [2.75, 3.05) is 0 Å². The number of ketones is 1. The quantitative estimate of drug-likeness (QED) is 0.531. The van der Waals surface area contributed by atoms with Crippen molar-refractivity contribution in [1.29, 1.82) is 0 Å². The molecular formula is C19H16NO3S+. The van der Waals surface area contributed by atoms with E-state index >= 15 is 0 Å². The Kier molecular flexibility index (Phi) is 4.53. The fraction of sp³-hybridized carbons (Fsp3) is 0.0526. The zero-order chi connectivity index (χ0) is 17.0. The summed E-state index contributed by atoms with van der Waals surface area (Å²) in [5.74, 6) is -0.0742. The van der Waals surface area contributed by atoms with Crippen LogP contribution in [-0.2, 0) is 16.4 Å². The standard InChI is InChI=1S/C19H16NO3S/c21-19(15-20-13-5-2-6-14-20)16-9-11-18(12-10-16)24(22,23)17-7-3-1-4-8-17/h1-14H,15H2/q+1. The summed E-state index contributed by atoms with van der Waals surface area (Å²) in [6, 6.07) is 19.9. The lowest BCUT2D eigenvalue weighted by molar-refractivity contribution is -0.683. The van der Waals surface area contributed by atoms with Gasteiger partial charge >= 0.3 is 0 Å². The average molecular weight is 338 g/mol. The molecule has 1 aromatic heterocycles. The summed E-state index contributed by atoms with van der Waals surface area (Å²) in [4.78, 5) is 12.7. The number of nitrogens with zero attached hydrogens (tertiary/aromatic N) is 1. The van der Waals surface area contributed by atoms with Gasteiger partial charge in [0, 0.05) is 17.7 Å². The summed E-state index contributed by atoms with van der Waals surface area (Å²) in [5, 5.41) is 0. The van der Waals surface area contributed by atoms with Crippen LogP contribution in [-0.4, -0.2) is 14.2 Å². The molecule has 3 aromatic rings. The Morgan fingerprint density at radius 3 is 1.92 bits per heavy atom. The van der Waals surface area contributed by atoms with Gasteiger partial charge in [-0.2, -0.15) is 4.57 Å². The molecule has 0 fully saturated rings. The molecule has 5 heteroatoms. The van der Waals surface area contributed by atoms with Gasteiger partial charge in [0.15, 0.2) is 12.4 Å². The lowest BCUT2D eigenvalue weighted by Gasteiger charge is -2.05. The van der Waals surface area contributed by atoms with E-state index in [0.717, 1.165) is 0 Å². The molecular weight excluding hydrogens is 322 g/mol. The van der Waals surface area contributed by atoms with Gasteiger partial charge in [-0.15, -0.1) is 0 Å². The maximum atomic E-state index is 12.5. The van der Waals surface area contributed by atoms with E-state index in [0.29, 0.717) is 5.56 Å². The number of hydrogen-bond donors (Lipinski definition) is 0. The third-order valence-electron chi connectivity index (χ3n) is 3.64. The van der Waals surface area contributed by atoms with Gasteiger partial charge in [-0.1, -0.05) is 24.3 Å². The molecule has 0 unspecified atom stereocenters. The smallest absolute Gasteiger partial charge is 0.227 e. The van der Waals surface area contributed by atoms with Gasteiger partial charge in [-0.25, -0.2) is 8.42 Å². The number of aromatic nitrogens is 1. The van der Waals surface area contributed by atoms with Crippen molar-refractivity contribution in [2.24, 2.45) is 0 Å². The summed E-state index contributed by atoms with van der Waals surface area (Å²) in [5.41, 5.74) is 0.485. The highest BCUT2D eigenvalue weighted by Gasteiger charge is 2.18. The molecule has 2 aromatic carbocycles. The van der Waals surface area contributed by atoms with Crippen LogP contribution in [0, 0.1) is 0 Å². The summed E-state index contributed by atoms with van der Waals surface area (Å²) >= 11 is 0. The van der Waals surface area contributed by atoms with Crippen LogP contribution in [0.2, 0.25) is 0 Å². The van der Waals surface area contributed by atoms with E-state index in [1.807, 2.05) is 30.6 Å². The average Bonchev–Trinajstić information content (AvgIpc) is 2.63. The molecule has 1 heterocycles. The van der Waals surface area contributed by atoms with E-state index in [1.165, 1.54) is 12.1 Å². The molecule has 0 saturated heterocycles. The van der Waals surface area contributed by atoms with Crippen LogP contribution in [0.15, 0.2) is 95.0 Å². The molecule has 24 heavy (non-hydrogen) atoms. The molecule has 0 saturated carbocycles. The molecule has 0 aliphatic carbocycles. The van der Waals surface area contributed by atoms with Gasteiger partial charge in [0.2, 0.25) is 22.2 Å². The summed E-state index contributed by atoms with van der Waals surface area (Å²) in [7, 11) is -3.56. The van der Waals surface area contributed by atoms with E-state index in [-0.39, 0.29) is 22.1 Å². The van der Waals surface area contributed by atoms with Crippen molar-refractivity contribution in [1.82, 2.24) is 0 Å². The second-order valence-corrected chi connectivity index (χ2v) is 7.26. The van der Waals surface area contributed by atoms with Gasteiger partial charge in [0.05, 0.1) is 9.79 Å². The Morgan fingerprint density at radius 2 is 1.29 bits per heavy atom. The largest absolute Gasteiger partial charge is 0.287 e. The van der Waals surface area contributed by atoms with Crippen LogP contribution in [0.5, 0.6) is 0 Å². The predicted octanol–water partition coefficient (Wildman–Crippen LogP) is 2.69. The van der Waals surface area contributed by atoms with E-state index < -0.39 is 9.84 Å². The fourth-order valence-corrected chi connectivity index (χ4v) is 3.63. The number of rotatable bonds is 5. The number of Topliss-reactive ketones (excluding diaryl/α,β-unsaturated/α-hetero) is 1. The van der Waals surface area contributed by atoms with Crippen molar-refractivity contribution in [3.05, 3.63) is 90.8 Å². The van der Waals surface area contributed by atoms with E-state index in [9.17, 15) is 13.2 Å². The van der Waals surface area contributed by atoms with Gasteiger partial charge in [-0.3, -0.25) is 4.79 Å². The van der Waals surface area contributed by atoms with Crippen LogP contribution in [0.4, 0.5) is 0 Å². The first-order valence-electron chi connectivity index (χ1n) is 7.45.